The van der Waals surface area contributed by atoms with Gasteiger partial charge in [-0.15, -0.1) is 0 Å². The molecule has 0 N–H and O–H groups in total. The van der Waals surface area contributed by atoms with Crippen LogP contribution < -0.4 is 4.84 Å². The first kappa shape index (κ1) is 8.74. The highest BCUT2D eigenvalue weighted by atomic mass is 19.1. The van der Waals surface area contributed by atoms with E-state index in [1.165, 1.54) is 17.1 Å². The number of benzene rings is 1. The second kappa shape index (κ2) is 3.49. The molecule has 1 aromatic heterocycles. The van der Waals surface area contributed by atoms with Gasteiger partial charge in [-0.05, 0) is 18.2 Å². The van der Waals surface area contributed by atoms with Gasteiger partial charge in [0.1, 0.15) is 5.82 Å². The van der Waals surface area contributed by atoms with E-state index in [0.29, 0.717) is 0 Å². The molecule has 1 heterocycles. The second-order valence-corrected chi connectivity index (χ2v) is 2.64. The lowest BCUT2D eigenvalue weighted by Crippen LogP contribution is -2.03. The molecule has 0 aliphatic heterocycles. The van der Waals surface area contributed by atoms with Crippen LogP contribution in [0, 0.1) is 17.7 Å². The van der Waals surface area contributed by atoms with Gasteiger partial charge in [0.05, 0.1) is 6.20 Å². The van der Waals surface area contributed by atoms with Crippen molar-refractivity contribution in [2.24, 2.45) is 0 Å². The Morgan fingerprint density at radius 2 is 2.14 bits per heavy atom. The van der Waals surface area contributed by atoms with Gasteiger partial charge in [0.15, 0.2) is 11.6 Å². The van der Waals surface area contributed by atoms with Crippen LogP contribution in [0.5, 0.6) is 5.75 Å². The van der Waals surface area contributed by atoms with E-state index in [9.17, 15) is 8.78 Å². The minimum Gasteiger partial charge on any atom is -0.373 e. The summed E-state index contributed by atoms with van der Waals surface area (Å²) in [6.45, 7) is 0. The smallest absolute Gasteiger partial charge is 0.194 e. The molecule has 0 amide bonds. The highest BCUT2D eigenvalue weighted by molar-refractivity contribution is 5.24. The zero-order valence-electron chi connectivity index (χ0n) is 7.08. The Bertz CT molecular complexity index is 426. The van der Waals surface area contributed by atoms with Crippen molar-refractivity contribution in [1.29, 1.82) is 0 Å². The summed E-state index contributed by atoms with van der Waals surface area (Å²) in [5.41, 5.74) is 0. The molecule has 0 aliphatic carbocycles. The van der Waals surface area contributed by atoms with E-state index in [1.54, 1.807) is 6.07 Å². The molecule has 1 aromatic carbocycles. The maximum atomic E-state index is 13.0. The van der Waals surface area contributed by atoms with E-state index < -0.39 is 11.6 Å². The highest BCUT2D eigenvalue weighted by Gasteiger charge is 2.05. The van der Waals surface area contributed by atoms with E-state index in [1.807, 2.05) is 0 Å². The minimum atomic E-state index is -0.611. The van der Waals surface area contributed by atoms with Gasteiger partial charge in [-0.3, -0.25) is 0 Å². The standard InChI is InChI=1S/C10H6F2NO/c11-8-3-4-9(12)10(7-8)14-13-5-1-2-6-13/h1,3-7H. The third-order valence-corrected chi connectivity index (χ3v) is 1.62. The van der Waals surface area contributed by atoms with Crippen LogP contribution in [0.4, 0.5) is 8.78 Å². The molecular weight excluding hydrogens is 188 g/mol. The minimum absolute atomic E-state index is 0.158. The fraction of sp³-hybridized carbons (Fsp3) is 0. The molecule has 1 radical (unpaired) electrons. The van der Waals surface area contributed by atoms with Gasteiger partial charge >= 0.3 is 0 Å². The van der Waals surface area contributed by atoms with Crippen molar-refractivity contribution in [2.45, 2.75) is 0 Å². The summed E-state index contributed by atoms with van der Waals surface area (Å²) in [5, 5.41) is 0. The summed E-state index contributed by atoms with van der Waals surface area (Å²) in [6, 6.07) is 7.33. The summed E-state index contributed by atoms with van der Waals surface area (Å²) in [5.74, 6) is -1.31. The number of aromatic nitrogens is 1. The van der Waals surface area contributed by atoms with E-state index >= 15 is 0 Å². The highest BCUT2D eigenvalue weighted by Crippen LogP contribution is 2.18. The molecule has 2 nitrogen and oxygen atoms in total. The SMILES string of the molecule is Fc1ccc(F)c(On2c[c]cc2)c1. The van der Waals surface area contributed by atoms with Crippen molar-refractivity contribution in [3.8, 4) is 5.75 Å². The predicted octanol–water partition coefficient (Wildman–Crippen LogP) is 2.41. The quantitative estimate of drug-likeness (QED) is 0.716. The molecule has 0 saturated carbocycles. The summed E-state index contributed by atoms with van der Waals surface area (Å²) < 4.78 is 27.0. The number of nitrogens with zero attached hydrogens (tertiary/aromatic N) is 1. The Kier molecular flexibility index (Phi) is 2.18. The van der Waals surface area contributed by atoms with Crippen LogP contribution >= 0.6 is 0 Å². The Balaban J connectivity index is 2.28. The zero-order valence-corrected chi connectivity index (χ0v) is 7.08. The van der Waals surface area contributed by atoms with E-state index in [0.717, 1.165) is 18.2 Å². The first-order chi connectivity index (χ1) is 6.75. The number of hydrogen-bond acceptors (Lipinski definition) is 1. The van der Waals surface area contributed by atoms with Crippen LogP contribution in [-0.2, 0) is 0 Å². The molecule has 4 heteroatoms. The van der Waals surface area contributed by atoms with Gasteiger partial charge < -0.3 is 4.84 Å². The van der Waals surface area contributed by atoms with Crippen molar-refractivity contribution >= 4 is 0 Å². The van der Waals surface area contributed by atoms with Gasteiger partial charge in [-0.2, -0.15) is 4.73 Å². The van der Waals surface area contributed by atoms with Crippen LogP contribution in [0.25, 0.3) is 0 Å². The third kappa shape index (κ3) is 1.74. The summed E-state index contributed by atoms with van der Waals surface area (Å²) in [7, 11) is 0. The third-order valence-electron chi connectivity index (χ3n) is 1.62. The lowest BCUT2D eigenvalue weighted by molar-refractivity contribution is 0.205. The molecule has 0 fully saturated rings. The maximum Gasteiger partial charge on any atom is 0.194 e. The van der Waals surface area contributed by atoms with Gasteiger partial charge in [-0.1, -0.05) is 0 Å². The molecule has 71 valence electrons. The average Bonchev–Trinajstić information content (AvgIpc) is 2.64. The van der Waals surface area contributed by atoms with Gasteiger partial charge in [0.25, 0.3) is 0 Å². The normalized spacial score (nSPS) is 10.1. The molecule has 0 atom stereocenters. The van der Waals surface area contributed by atoms with Crippen LogP contribution in [0.3, 0.4) is 0 Å². The molecule has 2 rings (SSSR count). The van der Waals surface area contributed by atoms with E-state index in [-0.39, 0.29) is 5.75 Å². The Morgan fingerprint density at radius 3 is 2.86 bits per heavy atom. The molecule has 2 aromatic rings. The first-order valence-electron chi connectivity index (χ1n) is 3.93. The van der Waals surface area contributed by atoms with Gasteiger partial charge in [-0.25, -0.2) is 8.78 Å². The molecule has 0 aliphatic rings. The predicted molar refractivity (Wildman–Crippen MR) is 45.7 cm³/mol. The Morgan fingerprint density at radius 1 is 1.29 bits per heavy atom. The molecule has 0 spiro atoms. The Labute approximate surface area is 79.3 Å². The average molecular weight is 194 g/mol. The largest absolute Gasteiger partial charge is 0.373 e. The Hall–Kier alpha value is -1.84. The molecule has 0 bridgehead atoms. The van der Waals surface area contributed by atoms with Crippen LogP contribution in [0.1, 0.15) is 0 Å². The van der Waals surface area contributed by atoms with Crippen LogP contribution in [0.15, 0.2) is 36.7 Å². The number of rotatable bonds is 2. The van der Waals surface area contributed by atoms with Crippen molar-refractivity contribution in [2.75, 3.05) is 0 Å². The lowest BCUT2D eigenvalue weighted by atomic mass is 10.3. The second-order valence-electron chi connectivity index (χ2n) is 2.64. The molecule has 0 saturated heterocycles. The maximum absolute atomic E-state index is 13.0. The van der Waals surface area contributed by atoms with Crippen molar-refractivity contribution in [1.82, 2.24) is 4.73 Å². The fourth-order valence-electron chi connectivity index (χ4n) is 0.994. The fourth-order valence-corrected chi connectivity index (χ4v) is 0.994. The van der Waals surface area contributed by atoms with Gasteiger partial charge in [0, 0.05) is 18.3 Å². The monoisotopic (exact) mass is 194 g/mol. The van der Waals surface area contributed by atoms with Crippen molar-refractivity contribution < 1.29 is 13.6 Å². The number of halogens is 2. The summed E-state index contributed by atoms with van der Waals surface area (Å²) in [6.07, 6.45) is 2.99. The molecule has 0 unspecified atom stereocenters. The van der Waals surface area contributed by atoms with Gasteiger partial charge in [0.2, 0.25) is 0 Å². The first-order valence-corrected chi connectivity index (χ1v) is 3.93. The van der Waals surface area contributed by atoms with Crippen LogP contribution in [0.2, 0.25) is 0 Å². The summed E-state index contributed by atoms with van der Waals surface area (Å²) >= 11 is 0. The van der Waals surface area contributed by atoms with Crippen molar-refractivity contribution in [3.05, 3.63) is 54.4 Å². The topological polar surface area (TPSA) is 14.2 Å². The van der Waals surface area contributed by atoms with E-state index in [2.05, 4.69) is 6.07 Å². The van der Waals surface area contributed by atoms with Crippen molar-refractivity contribution in [3.63, 3.8) is 0 Å². The van der Waals surface area contributed by atoms with Crippen LogP contribution in [-0.4, -0.2) is 4.73 Å². The molecule has 14 heavy (non-hydrogen) atoms. The molecular formula is C10H6F2NO. The van der Waals surface area contributed by atoms with E-state index in [4.69, 9.17) is 4.84 Å². The number of hydrogen-bond donors (Lipinski definition) is 0. The summed E-state index contributed by atoms with van der Waals surface area (Å²) in [4.78, 5) is 5.00. The zero-order chi connectivity index (χ0) is 9.97. The lowest BCUT2D eigenvalue weighted by Gasteiger charge is -2.06.